The molecule has 1 N–H and O–H groups in total. The predicted molar refractivity (Wildman–Crippen MR) is 139 cm³/mol. The minimum atomic E-state index is -4.42. The van der Waals surface area contributed by atoms with E-state index in [2.05, 4.69) is 39.8 Å². The lowest BCUT2D eigenvalue weighted by Crippen LogP contribution is -2.34. The van der Waals surface area contributed by atoms with E-state index in [0.29, 0.717) is 5.75 Å². The van der Waals surface area contributed by atoms with Crippen LogP contribution in [0.4, 0.5) is 13.2 Å². The van der Waals surface area contributed by atoms with Crippen LogP contribution in [0.1, 0.15) is 84.8 Å². The minimum absolute atomic E-state index is 0.0177. The number of hydrogen-bond donors (Lipinski definition) is 1. The molecule has 0 fully saturated rings. The highest BCUT2D eigenvalue weighted by atomic mass is 19.4. The quantitative estimate of drug-likeness (QED) is 0.363. The highest BCUT2D eigenvalue weighted by Crippen LogP contribution is 2.46. The predicted octanol–water partition coefficient (Wildman–Crippen LogP) is 8.59. The number of aromatic carboxylic acids is 1. The molecule has 1 atom stereocenters. The van der Waals surface area contributed by atoms with E-state index in [-0.39, 0.29) is 16.4 Å². The average Bonchev–Trinajstić information content (AvgIpc) is 2.84. The van der Waals surface area contributed by atoms with E-state index < -0.39 is 23.8 Å². The second-order valence-electron chi connectivity index (χ2n) is 10.9. The third-order valence-electron chi connectivity index (χ3n) is 7.27. The van der Waals surface area contributed by atoms with Gasteiger partial charge in [0, 0.05) is 0 Å². The number of halogens is 3. The van der Waals surface area contributed by atoms with Gasteiger partial charge >= 0.3 is 12.1 Å². The summed E-state index contributed by atoms with van der Waals surface area (Å²) in [5, 5.41) is 9.14. The maximum Gasteiger partial charge on any atom is 0.416 e. The molecule has 0 bridgehead atoms. The van der Waals surface area contributed by atoms with Gasteiger partial charge in [-0.15, -0.1) is 0 Å². The van der Waals surface area contributed by atoms with Crippen LogP contribution in [0.3, 0.4) is 0 Å². The van der Waals surface area contributed by atoms with Crippen LogP contribution in [0.15, 0.2) is 72.8 Å². The van der Waals surface area contributed by atoms with Crippen LogP contribution in [0.5, 0.6) is 5.75 Å². The maximum absolute atomic E-state index is 13.0. The Morgan fingerprint density at radius 2 is 1.49 bits per heavy atom. The molecule has 1 aliphatic rings. The van der Waals surface area contributed by atoms with Crippen molar-refractivity contribution in [1.82, 2.24) is 0 Å². The largest absolute Gasteiger partial charge is 0.482 e. The standard InChI is InChI=1S/C31H31F3O3/c1-29(2)17-18-30(3,4)26-19-22(10-15-25(26)29)27(16-7-20-5-8-21(9-6-20)28(35)36)37-24-13-11-23(12-14-24)31(32,33)34/h5-16,19,27H,17-18H2,1-4H3,(H,35,36)/t27-/m1/s1. The van der Waals surface area contributed by atoms with Crippen LogP contribution < -0.4 is 4.74 Å². The molecule has 0 amide bonds. The molecule has 0 unspecified atom stereocenters. The van der Waals surface area contributed by atoms with Gasteiger partial charge in [0.2, 0.25) is 0 Å². The normalized spacial score (nSPS) is 17.3. The third-order valence-corrected chi connectivity index (χ3v) is 7.27. The van der Waals surface area contributed by atoms with Crippen LogP contribution >= 0.6 is 0 Å². The first kappa shape index (κ1) is 26.5. The van der Waals surface area contributed by atoms with E-state index in [1.165, 1.54) is 35.4 Å². The summed E-state index contributed by atoms with van der Waals surface area (Å²) in [5.74, 6) is -0.681. The first-order valence-electron chi connectivity index (χ1n) is 12.3. The molecule has 4 rings (SSSR count). The van der Waals surface area contributed by atoms with Crippen molar-refractivity contribution in [3.63, 3.8) is 0 Å². The molecule has 37 heavy (non-hydrogen) atoms. The minimum Gasteiger partial charge on any atom is -0.482 e. The van der Waals surface area contributed by atoms with Crippen LogP contribution in [-0.4, -0.2) is 11.1 Å². The molecular weight excluding hydrogens is 477 g/mol. The van der Waals surface area contributed by atoms with E-state index in [1.807, 2.05) is 18.2 Å². The zero-order valence-corrected chi connectivity index (χ0v) is 21.4. The second kappa shape index (κ2) is 9.73. The molecule has 3 nitrogen and oxygen atoms in total. The zero-order chi connectivity index (χ0) is 27.0. The molecule has 0 radical (unpaired) electrons. The number of fused-ring (bicyclic) bond motifs is 1. The monoisotopic (exact) mass is 508 g/mol. The van der Waals surface area contributed by atoms with Crippen molar-refractivity contribution in [2.45, 2.75) is 63.6 Å². The van der Waals surface area contributed by atoms with E-state index in [9.17, 15) is 18.0 Å². The van der Waals surface area contributed by atoms with E-state index in [4.69, 9.17) is 9.84 Å². The number of alkyl halides is 3. The van der Waals surface area contributed by atoms with Gasteiger partial charge in [-0.25, -0.2) is 4.79 Å². The molecule has 3 aromatic rings. The van der Waals surface area contributed by atoms with Crippen LogP contribution in [0.2, 0.25) is 0 Å². The van der Waals surface area contributed by atoms with E-state index in [1.54, 1.807) is 12.1 Å². The highest BCUT2D eigenvalue weighted by molar-refractivity contribution is 5.87. The van der Waals surface area contributed by atoms with Crippen molar-refractivity contribution in [1.29, 1.82) is 0 Å². The number of ether oxygens (including phenoxy) is 1. The Balaban J connectivity index is 1.71. The molecular formula is C31H31F3O3. The van der Waals surface area contributed by atoms with Gasteiger partial charge in [-0.3, -0.25) is 0 Å². The summed E-state index contributed by atoms with van der Waals surface area (Å²) >= 11 is 0. The van der Waals surface area contributed by atoms with Crippen LogP contribution in [0, 0.1) is 0 Å². The van der Waals surface area contributed by atoms with Gasteiger partial charge in [-0.2, -0.15) is 13.2 Å². The Bertz CT molecular complexity index is 1300. The SMILES string of the molecule is CC1(C)CCC(C)(C)c2cc([C@@H](C=Cc3ccc(C(=O)O)cc3)Oc3ccc(C(F)(F)F)cc3)ccc21. The van der Waals surface area contributed by atoms with Crippen LogP contribution in [0.25, 0.3) is 6.08 Å². The smallest absolute Gasteiger partial charge is 0.416 e. The van der Waals surface area contributed by atoms with Gasteiger partial charge in [0.25, 0.3) is 0 Å². The summed E-state index contributed by atoms with van der Waals surface area (Å²) < 4.78 is 45.3. The van der Waals surface area contributed by atoms with E-state index >= 15 is 0 Å². The van der Waals surface area contributed by atoms with Crippen molar-refractivity contribution in [2.75, 3.05) is 0 Å². The summed E-state index contributed by atoms with van der Waals surface area (Å²) in [6.07, 6.45) is 0.820. The van der Waals surface area contributed by atoms with Gasteiger partial charge < -0.3 is 9.84 Å². The molecule has 6 heteroatoms. The average molecular weight is 509 g/mol. The fraction of sp³-hybridized carbons (Fsp3) is 0.323. The molecule has 0 aromatic heterocycles. The van der Waals surface area contributed by atoms with Gasteiger partial charge in [0.15, 0.2) is 0 Å². The summed E-state index contributed by atoms with van der Waals surface area (Å²) in [7, 11) is 0. The number of benzene rings is 3. The zero-order valence-electron chi connectivity index (χ0n) is 21.4. The van der Waals surface area contributed by atoms with Crippen LogP contribution in [-0.2, 0) is 17.0 Å². The lowest BCUT2D eigenvalue weighted by molar-refractivity contribution is -0.137. The Kier molecular flexibility index (Phi) is 6.97. The fourth-order valence-electron chi connectivity index (χ4n) is 4.81. The van der Waals surface area contributed by atoms with Crippen molar-refractivity contribution in [2.24, 2.45) is 0 Å². The Labute approximate surface area is 215 Å². The first-order valence-corrected chi connectivity index (χ1v) is 12.3. The van der Waals surface area contributed by atoms with Gasteiger partial charge in [0.1, 0.15) is 11.9 Å². The Hall–Kier alpha value is -3.54. The highest BCUT2D eigenvalue weighted by Gasteiger charge is 2.37. The molecule has 3 aromatic carbocycles. The Morgan fingerprint density at radius 3 is 2.05 bits per heavy atom. The molecule has 0 saturated carbocycles. The van der Waals surface area contributed by atoms with Gasteiger partial charge in [-0.1, -0.05) is 64.1 Å². The van der Waals surface area contributed by atoms with Gasteiger partial charge in [-0.05, 0) is 88.4 Å². The summed E-state index contributed by atoms with van der Waals surface area (Å²) in [5.41, 5.74) is 3.71. The summed E-state index contributed by atoms with van der Waals surface area (Å²) in [4.78, 5) is 11.2. The summed E-state index contributed by atoms with van der Waals surface area (Å²) in [6, 6.07) is 17.5. The molecule has 194 valence electrons. The Morgan fingerprint density at radius 1 is 0.892 bits per heavy atom. The van der Waals surface area contributed by atoms with Crippen molar-refractivity contribution >= 4 is 12.0 Å². The van der Waals surface area contributed by atoms with Gasteiger partial charge in [0.05, 0.1) is 11.1 Å². The lowest BCUT2D eigenvalue weighted by atomic mass is 9.63. The summed E-state index contributed by atoms with van der Waals surface area (Å²) in [6.45, 7) is 8.96. The van der Waals surface area contributed by atoms with Crippen molar-refractivity contribution in [3.8, 4) is 5.75 Å². The molecule has 0 spiro atoms. The van der Waals surface area contributed by atoms with E-state index in [0.717, 1.165) is 36.1 Å². The number of hydrogen-bond acceptors (Lipinski definition) is 2. The number of rotatable bonds is 6. The fourth-order valence-corrected chi connectivity index (χ4v) is 4.81. The second-order valence-corrected chi connectivity index (χ2v) is 10.9. The maximum atomic E-state index is 13.0. The first-order chi connectivity index (χ1) is 17.3. The number of carboxylic acids is 1. The molecule has 0 heterocycles. The lowest BCUT2D eigenvalue weighted by Gasteiger charge is -2.42. The third kappa shape index (κ3) is 5.90. The molecule has 1 aliphatic carbocycles. The number of carboxylic acid groups (broad SMARTS) is 1. The molecule has 0 saturated heterocycles. The molecule has 0 aliphatic heterocycles. The topological polar surface area (TPSA) is 46.5 Å². The number of carbonyl (C=O) groups is 1. The van der Waals surface area contributed by atoms with Crippen molar-refractivity contribution in [3.05, 3.63) is 106 Å². The van der Waals surface area contributed by atoms with Crippen molar-refractivity contribution < 1.29 is 27.8 Å².